The van der Waals surface area contributed by atoms with Gasteiger partial charge in [-0.05, 0) is 26.6 Å². The van der Waals surface area contributed by atoms with Crippen LogP contribution in [0.15, 0.2) is 24.3 Å². The topological polar surface area (TPSA) is 49.8 Å². The zero-order valence-electron chi connectivity index (χ0n) is 12.4. The van der Waals surface area contributed by atoms with Gasteiger partial charge >= 0.3 is 0 Å². The molecule has 1 fully saturated rings. The Morgan fingerprint density at radius 2 is 2.10 bits per heavy atom. The molecule has 0 spiro atoms. The zero-order chi connectivity index (χ0) is 14.8. The van der Waals surface area contributed by atoms with Crippen LogP contribution >= 0.6 is 0 Å². The first-order valence-corrected chi connectivity index (χ1v) is 6.99. The van der Waals surface area contributed by atoms with E-state index in [1.807, 2.05) is 38.4 Å². The van der Waals surface area contributed by atoms with Crippen LogP contribution in [0.3, 0.4) is 0 Å². The van der Waals surface area contributed by atoms with E-state index in [9.17, 15) is 9.90 Å². The molecule has 0 saturated heterocycles. The van der Waals surface area contributed by atoms with Gasteiger partial charge in [0, 0.05) is 30.9 Å². The van der Waals surface area contributed by atoms with Gasteiger partial charge in [0.15, 0.2) is 0 Å². The van der Waals surface area contributed by atoms with Gasteiger partial charge in [0.05, 0.1) is 7.11 Å². The first-order valence-electron chi connectivity index (χ1n) is 6.99. The molecular formula is C16H23NO3. The SMILES string of the molecule is COc1ccccc1C1(O)CC(=O)CCC1CN(C)C. The predicted octanol–water partition coefficient (Wildman–Crippen LogP) is 1.81. The van der Waals surface area contributed by atoms with Crippen molar-refractivity contribution in [2.45, 2.75) is 24.9 Å². The van der Waals surface area contributed by atoms with Gasteiger partial charge in [0.25, 0.3) is 0 Å². The number of methoxy groups -OCH3 is 1. The van der Waals surface area contributed by atoms with Crippen LogP contribution in [0.1, 0.15) is 24.8 Å². The molecule has 4 heteroatoms. The third kappa shape index (κ3) is 2.86. The lowest BCUT2D eigenvalue weighted by molar-refractivity contribution is -0.135. The van der Waals surface area contributed by atoms with E-state index in [0.717, 1.165) is 12.1 Å². The second-order valence-electron chi connectivity index (χ2n) is 5.84. The fourth-order valence-electron chi connectivity index (χ4n) is 3.11. The maximum Gasteiger partial charge on any atom is 0.136 e. The van der Waals surface area contributed by atoms with Gasteiger partial charge < -0.3 is 14.7 Å². The summed E-state index contributed by atoms with van der Waals surface area (Å²) >= 11 is 0. The molecule has 2 rings (SSSR count). The summed E-state index contributed by atoms with van der Waals surface area (Å²) in [6.45, 7) is 0.752. The van der Waals surface area contributed by atoms with Crippen molar-refractivity contribution in [1.82, 2.24) is 4.90 Å². The molecular weight excluding hydrogens is 254 g/mol. The van der Waals surface area contributed by atoms with Crippen LogP contribution in [0.4, 0.5) is 0 Å². The minimum Gasteiger partial charge on any atom is -0.496 e. The molecule has 0 aromatic heterocycles. The molecule has 1 N–H and O–H groups in total. The molecule has 0 radical (unpaired) electrons. The van der Waals surface area contributed by atoms with E-state index in [1.165, 1.54) is 0 Å². The number of rotatable bonds is 4. The lowest BCUT2D eigenvalue weighted by Gasteiger charge is -2.41. The normalized spacial score (nSPS) is 26.9. The number of Topliss-reactive ketones (excluding diaryl/α,β-unsaturated/α-hetero) is 1. The maximum absolute atomic E-state index is 11.9. The number of benzene rings is 1. The molecule has 1 aromatic carbocycles. The van der Waals surface area contributed by atoms with Crippen LogP contribution in [0, 0.1) is 5.92 Å². The number of hydrogen-bond donors (Lipinski definition) is 1. The third-order valence-electron chi connectivity index (χ3n) is 4.07. The minimum atomic E-state index is -1.13. The van der Waals surface area contributed by atoms with Crippen molar-refractivity contribution in [2.24, 2.45) is 5.92 Å². The molecule has 4 nitrogen and oxygen atoms in total. The molecule has 1 saturated carbocycles. The molecule has 0 heterocycles. The highest BCUT2D eigenvalue weighted by atomic mass is 16.5. The van der Waals surface area contributed by atoms with Gasteiger partial charge in [0.1, 0.15) is 17.1 Å². The quantitative estimate of drug-likeness (QED) is 0.912. The summed E-state index contributed by atoms with van der Waals surface area (Å²) in [5.74, 6) is 0.799. The predicted molar refractivity (Wildman–Crippen MR) is 77.8 cm³/mol. The average molecular weight is 277 g/mol. The van der Waals surface area contributed by atoms with Crippen molar-refractivity contribution in [3.05, 3.63) is 29.8 Å². The Morgan fingerprint density at radius 3 is 2.75 bits per heavy atom. The fourth-order valence-corrected chi connectivity index (χ4v) is 3.11. The molecule has 1 aliphatic rings. The summed E-state index contributed by atoms with van der Waals surface area (Å²) in [7, 11) is 5.56. The highest BCUT2D eigenvalue weighted by Gasteiger charge is 2.45. The lowest BCUT2D eigenvalue weighted by atomic mass is 9.70. The molecule has 110 valence electrons. The van der Waals surface area contributed by atoms with Crippen LogP contribution in [0.25, 0.3) is 0 Å². The highest BCUT2D eigenvalue weighted by Crippen LogP contribution is 2.44. The Morgan fingerprint density at radius 1 is 1.40 bits per heavy atom. The monoisotopic (exact) mass is 277 g/mol. The van der Waals surface area contributed by atoms with E-state index in [1.54, 1.807) is 7.11 Å². The van der Waals surface area contributed by atoms with E-state index in [4.69, 9.17) is 4.74 Å². The first-order chi connectivity index (χ1) is 9.47. The highest BCUT2D eigenvalue weighted by molar-refractivity contribution is 5.81. The smallest absolute Gasteiger partial charge is 0.136 e. The molecule has 0 aliphatic heterocycles. The van der Waals surface area contributed by atoms with Crippen molar-refractivity contribution >= 4 is 5.78 Å². The van der Waals surface area contributed by atoms with Gasteiger partial charge in [-0.3, -0.25) is 4.79 Å². The molecule has 0 bridgehead atoms. The Balaban J connectivity index is 2.42. The number of para-hydroxylation sites is 1. The largest absolute Gasteiger partial charge is 0.496 e. The maximum atomic E-state index is 11.9. The van der Waals surface area contributed by atoms with E-state index < -0.39 is 5.60 Å². The van der Waals surface area contributed by atoms with Gasteiger partial charge in [-0.25, -0.2) is 0 Å². The standard InChI is InChI=1S/C16H23NO3/c1-17(2)11-12-8-9-13(18)10-16(12,19)14-6-4-5-7-15(14)20-3/h4-7,12,19H,8-11H2,1-3H3. The molecule has 2 atom stereocenters. The van der Waals surface area contributed by atoms with Crippen LogP contribution in [-0.2, 0) is 10.4 Å². The summed E-state index contributed by atoms with van der Waals surface area (Å²) in [6.07, 6.45) is 1.44. The minimum absolute atomic E-state index is 0.0338. The summed E-state index contributed by atoms with van der Waals surface area (Å²) in [5.41, 5.74) is -0.408. The van der Waals surface area contributed by atoms with Gasteiger partial charge in [-0.1, -0.05) is 18.2 Å². The van der Waals surface area contributed by atoms with Crippen molar-refractivity contribution in [3.63, 3.8) is 0 Å². The zero-order valence-corrected chi connectivity index (χ0v) is 12.4. The Bertz CT molecular complexity index is 486. The Hall–Kier alpha value is -1.39. The number of hydrogen-bond acceptors (Lipinski definition) is 4. The van der Waals surface area contributed by atoms with E-state index in [-0.39, 0.29) is 18.1 Å². The number of carbonyl (C=O) groups is 1. The number of nitrogens with zero attached hydrogens (tertiary/aromatic N) is 1. The Labute approximate surface area is 120 Å². The van der Waals surface area contributed by atoms with Crippen LogP contribution in [-0.4, -0.2) is 43.5 Å². The molecule has 2 unspecified atom stereocenters. The average Bonchev–Trinajstić information content (AvgIpc) is 2.41. The van der Waals surface area contributed by atoms with Crippen molar-refractivity contribution in [2.75, 3.05) is 27.7 Å². The lowest BCUT2D eigenvalue weighted by Crippen LogP contribution is -2.45. The van der Waals surface area contributed by atoms with Gasteiger partial charge in [0.2, 0.25) is 0 Å². The van der Waals surface area contributed by atoms with Crippen LogP contribution in [0.5, 0.6) is 5.75 Å². The van der Waals surface area contributed by atoms with E-state index in [2.05, 4.69) is 4.90 Å². The van der Waals surface area contributed by atoms with E-state index >= 15 is 0 Å². The summed E-state index contributed by atoms with van der Waals surface area (Å²) < 4.78 is 5.37. The molecule has 20 heavy (non-hydrogen) atoms. The second-order valence-corrected chi connectivity index (χ2v) is 5.84. The van der Waals surface area contributed by atoms with Gasteiger partial charge in [-0.2, -0.15) is 0 Å². The summed E-state index contributed by atoms with van der Waals surface area (Å²) in [6, 6.07) is 7.44. The van der Waals surface area contributed by atoms with Crippen molar-refractivity contribution < 1.29 is 14.6 Å². The fraction of sp³-hybridized carbons (Fsp3) is 0.562. The molecule has 0 amide bonds. The van der Waals surface area contributed by atoms with E-state index in [0.29, 0.717) is 18.6 Å². The number of ketones is 1. The summed E-state index contributed by atoms with van der Waals surface area (Å²) in [5, 5.41) is 11.2. The number of carbonyl (C=O) groups excluding carboxylic acids is 1. The Kier molecular flexibility index (Phi) is 4.45. The van der Waals surface area contributed by atoms with Crippen LogP contribution in [0.2, 0.25) is 0 Å². The van der Waals surface area contributed by atoms with Crippen molar-refractivity contribution in [1.29, 1.82) is 0 Å². The van der Waals surface area contributed by atoms with Crippen molar-refractivity contribution in [3.8, 4) is 5.75 Å². The first kappa shape index (κ1) is 15.0. The number of ether oxygens (including phenoxy) is 1. The molecule has 1 aromatic rings. The summed E-state index contributed by atoms with van der Waals surface area (Å²) in [4.78, 5) is 13.9. The molecule has 1 aliphatic carbocycles. The van der Waals surface area contributed by atoms with Gasteiger partial charge in [-0.15, -0.1) is 0 Å². The second kappa shape index (κ2) is 5.94. The third-order valence-corrected chi connectivity index (χ3v) is 4.07. The number of aliphatic hydroxyl groups is 1. The van der Waals surface area contributed by atoms with Crippen LogP contribution < -0.4 is 4.74 Å².